The second-order valence-electron chi connectivity index (χ2n) is 7.65. The van der Waals surface area contributed by atoms with E-state index in [4.69, 9.17) is 5.73 Å². The number of benzene rings is 1. The molecule has 4 atom stereocenters. The molecule has 1 aromatic carbocycles. The molecule has 1 aliphatic carbocycles. The lowest BCUT2D eigenvalue weighted by molar-refractivity contribution is -0.121. The third kappa shape index (κ3) is 2.32. The summed E-state index contributed by atoms with van der Waals surface area (Å²) in [4.78, 5) is 22.5. The molecule has 1 aliphatic heterocycles. The molecule has 0 radical (unpaired) electrons. The highest BCUT2D eigenvalue weighted by atomic mass is 32.1. The molecule has 134 valence electrons. The maximum Gasteiger partial charge on any atom is 0.227 e. The number of primary amides is 1. The minimum absolute atomic E-state index is 0.195. The number of carbonyl (C=O) groups is 1. The van der Waals surface area contributed by atoms with E-state index in [1.54, 1.807) is 6.20 Å². The lowest BCUT2D eigenvalue weighted by atomic mass is 9.70. The SMILES string of the molecule is CN1CC(C(C(N)=O)c2nccs2)C[C@@H]2c3cccc4[nH]cc(c34)C[C@H]21. The Kier molecular flexibility index (Phi) is 3.65. The normalized spacial score (nSPS) is 26.6. The molecule has 26 heavy (non-hydrogen) atoms. The summed E-state index contributed by atoms with van der Waals surface area (Å²) in [6.07, 6.45) is 5.96. The fraction of sp³-hybridized carbons (Fsp3) is 0.400. The van der Waals surface area contributed by atoms with Crippen LogP contribution in [-0.2, 0) is 11.2 Å². The van der Waals surface area contributed by atoms with Gasteiger partial charge in [-0.15, -0.1) is 11.3 Å². The van der Waals surface area contributed by atoms with Crippen molar-refractivity contribution in [2.75, 3.05) is 13.6 Å². The Hall–Kier alpha value is -2.18. The summed E-state index contributed by atoms with van der Waals surface area (Å²) in [7, 11) is 2.18. The van der Waals surface area contributed by atoms with Gasteiger partial charge in [-0.1, -0.05) is 12.1 Å². The largest absolute Gasteiger partial charge is 0.369 e. The Morgan fingerprint density at radius 3 is 3.12 bits per heavy atom. The second kappa shape index (κ2) is 5.93. The summed E-state index contributed by atoms with van der Waals surface area (Å²) >= 11 is 1.53. The minimum Gasteiger partial charge on any atom is -0.369 e. The maximum absolute atomic E-state index is 12.3. The molecule has 6 heteroatoms. The van der Waals surface area contributed by atoms with Crippen LogP contribution < -0.4 is 5.73 Å². The van der Waals surface area contributed by atoms with Gasteiger partial charge in [0.1, 0.15) is 5.01 Å². The number of hydrogen-bond acceptors (Lipinski definition) is 4. The Labute approximate surface area is 156 Å². The van der Waals surface area contributed by atoms with E-state index in [9.17, 15) is 4.79 Å². The molecule has 1 amide bonds. The first-order chi connectivity index (χ1) is 12.6. The molecule has 0 saturated carbocycles. The lowest BCUT2D eigenvalue weighted by Crippen LogP contribution is -2.50. The van der Waals surface area contributed by atoms with Crippen LogP contribution in [0.1, 0.15) is 34.4 Å². The predicted molar refractivity (Wildman–Crippen MR) is 103 cm³/mol. The van der Waals surface area contributed by atoms with Gasteiger partial charge in [0.25, 0.3) is 0 Å². The number of amides is 1. The zero-order valence-electron chi connectivity index (χ0n) is 14.7. The Bertz CT molecular complexity index is 964. The zero-order chi connectivity index (χ0) is 17.8. The van der Waals surface area contributed by atoms with Crippen molar-refractivity contribution < 1.29 is 4.79 Å². The molecule has 1 saturated heterocycles. The zero-order valence-corrected chi connectivity index (χ0v) is 15.5. The van der Waals surface area contributed by atoms with Gasteiger partial charge in [0, 0.05) is 47.2 Å². The predicted octanol–water partition coefficient (Wildman–Crippen LogP) is 2.85. The number of likely N-dealkylation sites (N-methyl/N-ethyl adjacent to an activating group) is 1. The number of hydrogen-bond donors (Lipinski definition) is 2. The molecule has 2 unspecified atom stereocenters. The number of thiazole rings is 1. The summed E-state index contributed by atoms with van der Waals surface area (Å²) in [5, 5.41) is 4.16. The van der Waals surface area contributed by atoms with Gasteiger partial charge in [0.15, 0.2) is 0 Å². The Morgan fingerprint density at radius 1 is 1.46 bits per heavy atom. The smallest absolute Gasteiger partial charge is 0.227 e. The highest BCUT2D eigenvalue weighted by molar-refractivity contribution is 7.09. The number of aromatic nitrogens is 2. The van der Waals surface area contributed by atoms with Crippen molar-refractivity contribution in [2.45, 2.75) is 30.7 Å². The van der Waals surface area contributed by atoms with E-state index < -0.39 is 0 Å². The number of rotatable bonds is 3. The van der Waals surface area contributed by atoms with Gasteiger partial charge in [-0.25, -0.2) is 4.98 Å². The number of aromatic amines is 1. The standard InChI is InChI=1S/C20H22N4OS/c1-24-10-12(18(19(21)25)20-22-5-6-26-20)7-14-13-3-2-4-15-17(13)11(9-23-15)8-16(14)24/h2-6,9,12,14,16,18,23H,7-8,10H2,1H3,(H2,21,25)/t12?,14-,16-,18?/m1/s1. The van der Waals surface area contributed by atoms with Crippen LogP contribution in [0.15, 0.2) is 36.0 Å². The van der Waals surface area contributed by atoms with Gasteiger partial charge < -0.3 is 15.6 Å². The summed E-state index contributed by atoms with van der Waals surface area (Å²) < 4.78 is 0. The highest BCUT2D eigenvalue weighted by Gasteiger charge is 2.43. The van der Waals surface area contributed by atoms with Gasteiger partial charge >= 0.3 is 0 Å². The molecule has 3 N–H and O–H groups in total. The number of H-pyrrole nitrogens is 1. The monoisotopic (exact) mass is 366 g/mol. The van der Waals surface area contributed by atoms with Crippen LogP contribution >= 0.6 is 11.3 Å². The van der Waals surface area contributed by atoms with Gasteiger partial charge in [-0.05, 0) is 43.0 Å². The van der Waals surface area contributed by atoms with E-state index in [-0.39, 0.29) is 17.7 Å². The molecule has 5 rings (SSSR count). The quantitative estimate of drug-likeness (QED) is 0.748. The van der Waals surface area contributed by atoms with Gasteiger partial charge in [-0.3, -0.25) is 4.79 Å². The Balaban J connectivity index is 1.56. The number of fused-ring (bicyclic) bond motifs is 2. The van der Waals surface area contributed by atoms with Crippen LogP contribution in [0.2, 0.25) is 0 Å². The first-order valence-corrected chi connectivity index (χ1v) is 9.99. The van der Waals surface area contributed by atoms with Gasteiger partial charge in [-0.2, -0.15) is 0 Å². The molecule has 2 aromatic heterocycles. The molecule has 2 aliphatic rings. The van der Waals surface area contributed by atoms with E-state index in [1.165, 1.54) is 33.4 Å². The van der Waals surface area contributed by atoms with Crippen LogP contribution in [0.3, 0.4) is 0 Å². The number of nitrogens with zero attached hydrogens (tertiary/aromatic N) is 2. The fourth-order valence-electron chi connectivity index (χ4n) is 5.17. The van der Waals surface area contributed by atoms with Crippen molar-refractivity contribution >= 4 is 28.1 Å². The summed E-state index contributed by atoms with van der Waals surface area (Å²) in [5.74, 6) is 0.0617. The third-order valence-electron chi connectivity index (χ3n) is 6.25. The number of piperidine rings is 1. The molecule has 5 nitrogen and oxygen atoms in total. The molecule has 3 aromatic rings. The molecule has 0 bridgehead atoms. The van der Waals surface area contributed by atoms with Crippen LogP contribution in [0.5, 0.6) is 0 Å². The lowest BCUT2D eigenvalue weighted by Gasteiger charge is -2.46. The van der Waals surface area contributed by atoms with E-state index in [1.807, 2.05) is 5.38 Å². The summed E-state index contributed by atoms with van der Waals surface area (Å²) in [6.45, 7) is 0.879. The van der Waals surface area contributed by atoms with E-state index in [2.05, 4.69) is 46.3 Å². The highest BCUT2D eigenvalue weighted by Crippen LogP contribution is 2.47. The first kappa shape index (κ1) is 16.0. The number of nitrogens with one attached hydrogen (secondary N) is 1. The minimum atomic E-state index is -0.301. The van der Waals surface area contributed by atoms with Crippen LogP contribution in [0, 0.1) is 5.92 Å². The summed E-state index contributed by atoms with van der Waals surface area (Å²) in [5.41, 5.74) is 9.85. The van der Waals surface area contributed by atoms with Crippen LogP contribution in [0.25, 0.3) is 10.9 Å². The molecular formula is C20H22N4OS. The maximum atomic E-state index is 12.3. The van der Waals surface area contributed by atoms with E-state index >= 15 is 0 Å². The van der Waals surface area contributed by atoms with Crippen molar-refractivity contribution in [3.8, 4) is 0 Å². The van der Waals surface area contributed by atoms with E-state index in [0.29, 0.717) is 12.0 Å². The first-order valence-electron chi connectivity index (χ1n) is 9.11. The van der Waals surface area contributed by atoms with E-state index in [0.717, 1.165) is 24.4 Å². The second-order valence-corrected chi connectivity index (χ2v) is 8.57. The third-order valence-corrected chi connectivity index (χ3v) is 7.11. The molecule has 0 spiro atoms. The van der Waals surface area contributed by atoms with Crippen molar-refractivity contribution in [3.63, 3.8) is 0 Å². The average Bonchev–Trinajstić information content (AvgIpc) is 3.27. The number of nitrogens with two attached hydrogens (primary N) is 1. The molecule has 1 fully saturated rings. The van der Waals surface area contributed by atoms with Crippen molar-refractivity contribution in [3.05, 3.63) is 52.1 Å². The molecular weight excluding hydrogens is 344 g/mol. The average molecular weight is 366 g/mol. The van der Waals surface area contributed by atoms with Crippen LogP contribution in [0.4, 0.5) is 0 Å². The van der Waals surface area contributed by atoms with Crippen molar-refractivity contribution in [1.29, 1.82) is 0 Å². The number of carbonyl (C=O) groups excluding carboxylic acids is 1. The molecule has 3 heterocycles. The number of likely N-dealkylation sites (tertiary alicyclic amines) is 1. The fourth-order valence-corrected chi connectivity index (χ4v) is 6.01. The van der Waals surface area contributed by atoms with Gasteiger partial charge in [0.05, 0.1) is 5.92 Å². The topological polar surface area (TPSA) is 75.0 Å². The van der Waals surface area contributed by atoms with Crippen LogP contribution in [-0.4, -0.2) is 40.4 Å². The summed E-state index contributed by atoms with van der Waals surface area (Å²) in [6, 6.07) is 7.02. The van der Waals surface area contributed by atoms with Crippen molar-refractivity contribution in [1.82, 2.24) is 14.9 Å². The Morgan fingerprint density at radius 2 is 2.35 bits per heavy atom. The van der Waals surface area contributed by atoms with Crippen molar-refractivity contribution in [2.24, 2.45) is 11.7 Å². The van der Waals surface area contributed by atoms with Gasteiger partial charge in [0.2, 0.25) is 5.91 Å².